The van der Waals surface area contributed by atoms with Gasteiger partial charge in [-0.2, -0.15) is 0 Å². The Balaban J connectivity index is 1.71. The summed E-state index contributed by atoms with van der Waals surface area (Å²) in [6.45, 7) is 0. The number of carbonyl (C=O) groups excluding carboxylic acids is 1. The predicted molar refractivity (Wildman–Crippen MR) is 93.8 cm³/mol. The number of nitrogens with zero attached hydrogens (tertiary/aromatic N) is 2. The smallest absolute Gasteiger partial charge is 0.276 e. The molecule has 3 aromatic rings. The van der Waals surface area contributed by atoms with Gasteiger partial charge in [0.25, 0.3) is 5.91 Å². The molecule has 120 valence electrons. The van der Waals surface area contributed by atoms with E-state index in [1.165, 1.54) is 12.1 Å². The summed E-state index contributed by atoms with van der Waals surface area (Å²) in [5.74, 6) is -0.431. The molecule has 0 aliphatic rings. The molecule has 5 nitrogen and oxygen atoms in total. The zero-order valence-electron chi connectivity index (χ0n) is 12.3. The maximum atomic E-state index is 13.6. The molecule has 0 aliphatic carbocycles. The van der Waals surface area contributed by atoms with Crippen LogP contribution in [0.3, 0.4) is 0 Å². The van der Waals surface area contributed by atoms with Crippen LogP contribution in [0.25, 0.3) is 0 Å². The van der Waals surface area contributed by atoms with E-state index in [4.69, 9.17) is 0 Å². The van der Waals surface area contributed by atoms with Crippen molar-refractivity contribution >= 4 is 39.0 Å². The van der Waals surface area contributed by atoms with E-state index < -0.39 is 5.82 Å². The van der Waals surface area contributed by atoms with Crippen molar-refractivity contribution in [2.24, 2.45) is 0 Å². The van der Waals surface area contributed by atoms with E-state index in [0.717, 1.165) is 4.47 Å². The molecule has 0 unspecified atom stereocenters. The summed E-state index contributed by atoms with van der Waals surface area (Å²) < 4.78 is 14.4. The summed E-state index contributed by atoms with van der Waals surface area (Å²) in [6, 6.07) is 16.6. The second kappa shape index (κ2) is 7.18. The number of para-hydroxylation sites is 2. The summed E-state index contributed by atoms with van der Waals surface area (Å²) in [5.41, 5.74) is 1.08. The van der Waals surface area contributed by atoms with Gasteiger partial charge >= 0.3 is 0 Å². The molecule has 0 spiro atoms. The number of hydrogen-bond donors (Lipinski definition) is 2. The lowest BCUT2D eigenvalue weighted by molar-refractivity contribution is 0.102. The van der Waals surface area contributed by atoms with Crippen LogP contribution in [0.15, 0.2) is 65.1 Å². The SMILES string of the molecule is O=C(Nc1ccccc1Br)c1ccc(Nc2ccccc2F)nn1. The Bertz CT molecular complexity index is 870. The third kappa shape index (κ3) is 3.75. The van der Waals surface area contributed by atoms with Gasteiger partial charge in [-0.3, -0.25) is 4.79 Å². The van der Waals surface area contributed by atoms with Crippen molar-refractivity contribution in [3.8, 4) is 0 Å². The van der Waals surface area contributed by atoms with Crippen molar-refractivity contribution in [2.45, 2.75) is 0 Å². The number of nitrogens with one attached hydrogen (secondary N) is 2. The number of halogens is 2. The van der Waals surface area contributed by atoms with Gasteiger partial charge < -0.3 is 10.6 Å². The molecule has 3 rings (SSSR count). The lowest BCUT2D eigenvalue weighted by Gasteiger charge is -2.08. The molecule has 0 bridgehead atoms. The number of benzene rings is 2. The molecule has 2 aromatic carbocycles. The number of anilines is 3. The normalized spacial score (nSPS) is 10.2. The lowest BCUT2D eigenvalue weighted by Crippen LogP contribution is -2.15. The van der Waals surface area contributed by atoms with Gasteiger partial charge in [0, 0.05) is 4.47 Å². The molecule has 0 saturated carbocycles. The summed E-state index contributed by atoms with van der Waals surface area (Å²) in [6.07, 6.45) is 0. The molecule has 7 heteroatoms. The van der Waals surface area contributed by atoms with E-state index in [2.05, 4.69) is 36.8 Å². The molecular formula is C17H12BrFN4O. The molecule has 0 radical (unpaired) electrons. The molecule has 0 fully saturated rings. The van der Waals surface area contributed by atoms with E-state index in [9.17, 15) is 9.18 Å². The maximum absolute atomic E-state index is 13.6. The van der Waals surface area contributed by atoms with E-state index in [-0.39, 0.29) is 17.3 Å². The zero-order valence-corrected chi connectivity index (χ0v) is 13.9. The van der Waals surface area contributed by atoms with Crippen molar-refractivity contribution in [3.63, 3.8) is 0 Å². The Morgan fingerprint density at radius 3 is 2.29 bits per heavy atom. The lowest BCUT2D eigenvalue weighted by atomic mass is 10.3. The number of carbonyl (C=O) groups is 1. The quantitative estimate of drug-likeness (QED) is 0.698. The second-order valence-electron chi connectivity index (χ2n) is 4.84. The average Bonchev–Trinajstić information content (AvgIpc) is 2.59. The Hall–Kier alpha value is -2.80. The molecule has 1 amide bonds. The van der Waals surface area contributed by atoms with Crippen LogP contribution in [-0.2, 0) is 0 Å². The van der Waals surface area contributed by atoms with Gasteiger partial charge in [-0.1, -0.05) is 24.3 Å². The van der Waals surface area contributed by atoms with Crippen LogP contribution < -0.4 is 10.6 Å². The van der Waals surface area contributed by atoms with E-state index in [0.29, 0.717) is 11.5 Å². The van der Waals surface area contributed by atoms with Crippen molar-refractivity contribution in [1.29, 1.82) is 0 Å². The van der Waals surface area contributed by atoms with Gasteiger partial charge in [-0.25, -0.2) is 4.39 Å². The van der Waals surface area contributed by atoms with E-state index >= 15 is 0 Å². The number of hydrogen-bond acceptors (Lipinski definition) is 4. The summed E-state index contributed by atoms with van der Waals surface area (Å²) in [5, 5.41) is 13.3. The van der Waals surface area contributed by atoms with Gasteiger partial charge in [-0.05, 0) is 52.3 Å². The molecule has 24 heavy (non-hydrogen) atoms. The average molecular weight is 387 g/mol. The van der Waals surface area contributed by atoms with Crippen LogP contribution in [0, 0.1) is 5.82 Å². The van der Waals surface area contributed by atoms with Crippen LogP contribution in [0.1, 0.15) is 10.5 Å². The first-order chi connectivity index (χ1) is 11.6. The summed E-state index contributed by atoms with van der Waals surface area (Å²) >= 11 is 3.36. The number of amides is 1. The zero-order chi connectivity index (χ0) is 16.9. The highest BCUT2D eigenvalue weighted by molar-refractivity contribution is 9.10. The van der Waals surface area contributed by atoms with E-state index in [1.54, 1.807) is 30.3 Å². The fraction of sp³-hybridized carbons (Fsp3) is 0. The van der Waals surface area contributed by atoms with Gasteiger partial charge in [0.2, 0.25) is 0 Å². The standard InChI is InChI=1S/C17H12BrFN4O/c18-11-5-1-3-7-13(11)21-17(24)15-9-10-16(23-22-15)20-14-8-4-2-6-12(14)19/h1-10H,(H,20,23)(H,21,24). The van der Waals surface area contributed by atoms with Crippen LogP contribution in [0.2, 0.25) is 0 Å². The van der Waals surface area contributed by atoms with E-state index in [1.807, 2.05) is 18.2 Å². The minimum absolute atomic E-state index is 0.157. The van der Waals surface area contributed by atoms with Crippen LogP contribution in [0.4, 0.5) is 21.6 Å². The van der Waals surface area contributed by atoms with Crippen LogP contribution in [0.5, 0.6) is 0 Å². The van der Waals surface area contributed by atoms with Crippen molar-refractivity contribution in [1.82, 2.24) is 10.2 Å². The molecule has 2 N–H and O–H groups in total. The Labute approximate surface area is 146 Å². The molecule has 1 heterocycles. The van der Waals surface area contributed by atoms with Crippen molar-refractivity contribution in [2.75, 3.05) is 10.6 Å². The molecule has 1 aromatic heterocycles. The largest absolute Gasteiger partial charge is 0.336 e. The van der Waals surface area contributed by atoms with Crippen molar-refractivity contribution < 1.29 is 9.18 Å². The second-order valence-corrected chi connectivity index (χ2v) is 5.70. The summed E-state index contributed by atoms with van der Waals surface area (Å²) in [4.78, 5) is 12.2. The highest BCUT2D eigenvalue weighted by Crippen LogP contribution is 2.22. The van der Waals surface area contributed by atoms with Crippen LogP contribution >= 0.6 is 15.9 Å². The highest BCUT2D eigenvalue weighted by Gasteiger charge is 2.10. The number of rotatable bonds is 4. The molecule has 0 saturated heterocycles. The molecule has 0 aliphatic heterocycles. The van der Waals surface area contributed by atoms with Gasteiger partial charge in [0.05, 0.1) is 11.4 Å². The van der Waals surface area contributed by atoms with Crippen molar-refractivity contribution in [3.05, 3.63) is 76.6 Å². The maximum Gasteiger partial charge on any atom is 0.276 e. The minimum Gasteiger partial charge on any atom is -0.336 e. The Morgan fingerprint density at radius 2 is 1.62 bits per heavy atom. The van der Waals surface area contributed by atoms with Gasteiger partial charge in [0.1, 0.15) is 5.82 Å². The number of aromatic nitrogens is 2. The van der Waals surface area contributed by atoms with Gasteiger partial charge in [-0.15, -0.1) is 10.2 Å². The fourth-order valence-electron chi connectivity index (χ4n) is 1.97. The topological polar surface area (TPSA) is 66.9 Å². The first kappa shape index (κ1) is 16.1. The highest BCUT2D eigenvalue weighted by atomic mass is 79.9. The molecule has 0 atom stereocenters. The Morgan fingerprint density at radius 1 is 0.917 bits per heavy atom. The third-order valence-corrected chi connectivity index (χ3v) is 3.85. The first-order valence-corrected chi connectivity index (χ1v) is 7.84. The van der Waals surface area contributed by atoms with Crippen LogP contribution in [-0.4, -0.2) is 16.1 Å². The molecular weight excluding hydrogens is 375 g/mol. The Kier molecular flexibility index (Phi) is 4.81. The monoisotopic (exact) mass is 386 g/mol. The first-order valence-electron chi connectivity index (χ1n) is 7.04. The minimum atomic E-state index is -0.393. The van der Waals surface area contributed by atoms with Gasteiger partial charge in [0.15, 0.2) is 11.5 Å². The fourth-order valence-corrected chi connectivity index (χ4v) is 2.35. The summed E-state index contributed by atoms with van der Waals surface area (Å²) in [7, 11) is 0. The predicted octanol–water partition coefficient (Wildman–Crippen LogP) is 4.37. The third-order valence-electron chi connectivity index (χ3n) is 3.16.